The lowest BCUT2D eigenvalue weighted by atomic mass is 10.0. The summed E-state index contributed by atoms with van der Waals surface area (Å²) in [6.45, 7) is 2.69. The van der Waals surface area contributed by atoms with E-state index < -0.39 is 0 Å². The van der Waals surface area contributed by atoms with E-state index in [2.05, 4.69) is 23.3 Å². The molecule has 1 aliphatic rings. The second kappa shape index (κ2) is 4.66. The van der Waals surface area contributed by atoms with Crippen molar-refractivity contribution in [1.82, 2.24) is 4.90 Å². The van der Waals surface area contributed by atoms with Gasteiger partial charge in [0, 0.05) is 18.7 Å². The third-order valence-electron chi connectivity index (χ3n) is 3.15. The molecule has 0 spiro atoms. The molecule has 1 aromatic carbocycles. The first-order valence-electron chi connectivity index (χ1n) is 5.75. The Balaban J connectivity index is 2.28. The highest BCUT2D eigenvalue weighted by Gasteiger charge is 2.24. The van der Waals surface area contributed by atoms with Crippen LogP contribution in [0.25, 0.3) is 0 Å². The molecule has 3 nitrogen and oxygen atoms in total. The minimum Gasteiger partial charge on any atom is -0.326 e. The van der Waals surface area contributed by atoms with Gasteiger partial charge in [-0.25, -0.2) is 0 Å². The Morgan fingerprint density at radius 2 is 2.19 bits per heavy atom. The molecule has 1 unspecified atom stereocenters. The van der Waals surface area contributed by atoms with E-state index in [9.17, 15) is 4.79 Å². The fourth-order valence-electron chi connectivity index (χ4n) is 2.39. The first-order chi connectivity index (χ1) is 7.68. The molecule has 0 aromatic heterocycles. The quantitative estimate of drug-likeness (QED) is 0.826. The molecule has 1 aliphatic heterocycles. The number of carbonyl (C=O) groups is 1. The highest BCUT2D eigenvalue weighted by molar-refractivity contribution is 5.89. The van der Waals surface area contributed by atoms with Gasteiger partial charge in [0.2, 0.25) is 5.91 Å². The molecule has 0 bridgehead atoms. The van der Waals surface area contributed by atoms with Crippen molar-refractivity contribution in [3.8, 4) is 0 Å². The van der Waals surface area contributed by atoms with E-state index in [1.165, 1.54) is 18.4 Å². The average Bonchev–Trinajstić information content (AvgIpc) is 2.64. The first-order valence-corrected chi connectivity index (χ1v) is 5.75. The van der Waals surface area contributed by atoms with Crippen LogP contribution in [0.3, 0.4) is 0 Å². The van der Waals surface area contributed by atoms with Crippen molar-refractivity contribution in [2.45, 2.75) is 25.8 Å². The number of anilines is 1. The Bertz CT molecular complexity index is 389. The standard InChI is InChI=1S/C13H18N2O/c1-10(16)14-12-7-4-3-6-11(12)13-8-5-9-15(13)2/h3-4,6-7,13H,5,8-9H2,1-2H3,(H,14,16). The predicted octanol–water partition coefficient (Wildman–Crippen LogP) is 2.41. The molecule has 3 heteroatoms. The van der Waals surface area contributed by atoms with Crippen LogP contribution < -0.4 is 5.32 Å². The van der Waals surface area contributed by atoms with Crippen LogP contribution in [0.2, 0.25) is 0 Å². The number of hydrogen-bond acceptors (Lipinski definition) is 2. The number of hydrogen-bond donors (Lipinski definition) is 1. The van der Waals surface area contributed by atoms with Crippen LogP contribution in [0, 0.1) is 0 Å². The lowest BCUT2D eigenvalue weighted by Gasteiger charge is -2.22. The van der Waals surface area contributed by atoms with Crippen molar-refractivity contribution >= 4 is 11.6 Å². The summed E-state index contributed by atoms with van der Waals surface area (Å²) in [4.78, 5) is 13.5. The average molecular weight is 218 g/mol. The highest BCUT2D eigenvalue weighted by Crippen LogP contribution is 2.34. The Morgan fingerprint density at radius 1 is 1.44 bits per heavy atom. The Labute approximate surface area is 96.5 Å². The van der Waals surface area contributed by atoms with Crippen LogP contribution in [-0.2, 0) is 4.79 Å². The van der Waals surface area contributed by atoms with Gasteiger partial charge in [0.15, 0.2) is 0 Å². The normalized spacial score (nSPS) is 21.0. The predicted molar refractivity (Wildman–Crippen MR) is 65.4 cm³/mol. The summed E-state index contributed by atoms with van der Waals surface area (Å²) in [7, 11) is 2.14. The molecule has 0 radical (unpaired) electrons. The fraction of sp³-hybridized carbons (Fsp3) is 0.462. The van der Waals surface area contributed by atoms with Gasteiger partial charge < -0.3 is 5.32 Å². The van der Waals surface area contributed by atoms with Crippen LogP contribution in [0.15, 0.2) is 24.3 Å². The van der Waals surface area contributed by atoms with Crippen molar-refractivity contribution in [2.75, 3.05) is 18.9 Å². The summed E-state index contributed by atoms with van der Waals surface area (Å²) in [6.07, 6.45) is 2.41. The molecule has 1 N–H and O–H groups in total. The number of nitrogens with zero attached hydrogens (tertiary/aromatic N) is 1. The van der Waals surface area contributed by atoms with Gasteiger partial charge in [-0.2, -0.15) is 0 Å². The van der Waals surface area contributed by atoms with Gasteiger partial charge in [0.1, 0.15) is 0 Å². The van der Waals surface area contributed by atoms with E-state index in [-0.39, 0.29) is 5.91 Å². The summed E-state index contributed by atoms with van der Waals surface area (Å²) in [5.74, 6) is -0.00639. The smallest absolute Gasteiger partial charge is 0.221 e. The van der Waals surface area contributed by atoms with Crippen LogP contribution >= 0.6 is 0 Å². The maximum atomic E-state index is 11.1. The van der Waals surface area contributed by atoms with Crippen LogP contribution in [0.1, 0.15) is 31.4 Å². The minimum atomic E-state index is -0.00639. The molecule has 1 fully saturated rings. The number of amides is 1. The maximum absolute atomic E-state index is 11.1. The Morgan fingerprint density at radius 3 is 2.81 bits per heavy atom. The van der Waals surface area contributed by atoms with Gasteiger partial charge in [0.05, 0.1) is 0 Å². The number of likely N-dealkylation sites (tertiary alicyclic amines) is 1. The van der Waals surface area contributed by atoms with E-state index in [1.807, 2.05) is 18.2 Å². The molecule has 1 aromatic rings. The number of nitrogens with one attached hydrogen (secondary N) is 1. The van der Waals surface area contributed by atoms with Gasteiger partial charge in [-0.15, -0.1) is 0 Å². The highest BCUT2D eigenvalue weighted by atomic mass is 16.1. The van der Waals surface area contributed by atoms with E-state index in [1.54, 1.807) is 6.92 Å². The van der Waals surface area contributed by atoms with Gasteiger partial charge in [0.25, 0.3) is 0 Å². The first kappa shape index (κ1) is 11.1. The van der Waals surface area contributed by atoms with Crippen molar-refractivity contribution in [3.05, 3.63) is 29.8 Å². The van der Waals surface area contributed by atoms with Gasteiger partial charge in [-0.05, 0) is 38.1 Å². The molecule has 1 atom stereocenters. The molecule has 1 heterocycles. The maximum Gasteiger partial charge on any atom is 0.221 e. The van der Waals surface area contributed by atoms with E-state index in [0.29, 0.717) is 6.04 Å². The van der Waals surface area contributed by atoms with Crippen LogP contribution in [0.4, 0.5) is 5.69 Å². The fourth-order valence-corrected chi connectivity index (χ4v) is 2.39. The minimum absolute atomic E-state index is 0.00639. The molecule has 0 aliphatic carbocycles. The van der Waals surface area contributed by atoms with Crippen molar-refractivity contribution in [3.63, 3.8) is 0 Å². The number of carbonyl (C=O) groups excluding carboxylic acids is 1. The van der Waals surface area contributed by atoms with Crippen molar-refractivity contribution in [1.29, 1.82) is 0 Å². The van der Waals surface area contributed by atoms with E-state index in [0.717, 1.165) is 12.2 Å². The second-order valence-electron chi connectivity index (χ2n) is 4.41. The lowest BCUT2D eigenvalue weighted by Crippen LogP contribution is -2.19. The monoisotopic (exact) mass is 218 g/mol. The summed E-state index contributed by atoms with van der Waals surface area (Å²) < 4.78 is 0. The molecule has 1 amide bonds. The molecule has 16 heavy (non-hydrogen) atoms. The molecular weight excluding hydrogens is 200 g/mol. The number of rotatable bonds is 2. The SMILES string of the molecule is CC(=O)Nc1ccccc1C1CCCN1C. The molecule has 1 saturated heterocycles. The van der Waals surface area contributed by atoms with Gasteiger partial charge in [-0.3, -0.25) is 9.69 Å². The molecule has 0 saturated carbocycles. The zero-order valence-electron chi connectivity index (χ0n) is 9.86. The number of para-hydroxylation sites is 1. The van der Waals surface area contributed by atoms with Gasteiger partial charge >= 0.3 is 0 Å². The number of benzene rings is 1. The van der Waals surface area contributed by atoms with Crippen molar-refractivity contribution in [2.24, 2.45) is 0 Å². The van der Waals surface area contributed by atoms with E-state index in [4.69, 9.17) is 0 Å². The van der Waals surface area contributed by atoms with Crippen LogP contribution in [0.5, 0.6) is 0 Å². The third kappa shape index (κ3) is 2.25. The van der Waals surface area contributed by atoms with Crippen molar-refractivity contribution < 1.29 is 4.79 Å². The second-order valence-corrected chi connectivity index (χ2v) is 4.41. The van der Waals surface area contributed by atoms with Gasteiger partial charge in [-0.1, -0.05) is 18.2 Å². The van der Waals surface area contributed by atoms with Crippen LogP contribution in [-0.4, -0.2) is 24.4 Å². The Kier molecular flexibility index (Phi) is 3.25. The topological polar surface area (TPSA) is 32.3 Å². The summed E-state index contributed by atoms with van der Waals surface area (Å²) in [5.41, 5.74) is 2.19. The molecule has 2 rings (SSSR count). The summed E-state index contributed by atoms with van der Waals surface area (Å²) in [5, 5.41) is 2.91. The largest absolute Gasteiger partial charge is 0.326 e. The molecular formula is C13H18N2O. The van der Waals surface area contributed by atoms with E-state index >= 15 is 0 Å². The summed E-state index contributed by atoms with van der Waals surface area (Å²) in [6, 6.07) is 8.53. The molecule has 86 valence electrons. The zero-order valence-corrected chi connectivity index (χ0v) is 9.86. The third-order valence-corrected chi connectivity index (χ3v) is 3.15. The lowest BCUT2D eigenvalue weighted by molar-refractivity contribution is -0.114. The Hall–Kier alpha value is -1.35. The zero-order chi connectivity index (χ0) is 11.5. The summed E-state index contributed by atoms with van der Waals surface area (Å²) >= 11 is 0.